The zero-order chi connectivity index (χ0) is 21.7. The quantitative estimate of drug-likeness (QED) is 0.675. The molecule has 6 heteroatoms. The fourth-order valence-electron chi connectivity index (χ4n) is 3.90. The number of benzene rings is 2. The highest BCUT2D eigenvalue weighted by Crippen LogP contribution is 2.26. The number of hydrogen-bond acceptors (Lipinski definition) is 4. The van der Waals surface area contributed by atoms with Crippen LogP contribution in [0.3, 0.4) is 0 Å². The average Bonchev–Trinajstić information content (AvgIpc) is 2.75. The molecule has 0 radical (unpaired) electrons. The molecule has 2 atom stereocenters. The minimum Gasteiger partial charge on any atom is -0.481 e. The highest BCUT2D eigenvalue weighted by Gasteiger charge is 2.23. The number of fused-ring (bicyclic) bond motifs is 1. The Labute approximate surface area is 179 Å². The maximum Gasteiger partial charge on any atom is 0.261 e. The van der Waals surface area contributed by atoms with Crippen LogP contribution < -0.4 is 10.1 Å². The topological polar surface area (TPSA) is 72.5 Å². The van der Waals surface area contributed by atoms with Crippen molar-refractivity contribution >= 4 is 15.7 Å². The molecule has 0 unspecified atom stereocenters. The number of carbonyl (C=O) groups excluding carboxylic acids is 1. The normalized spacial score (nSPS) is 15.7. The first-order valence-corrected chi connectivity index (χ1v) is 12.6. The number of amides is 1. The minimum absolute atomic E-state index is 0.158. The van der Waals surface area contributed by atoms with Crippen molar-refractivity contribution < 1.29 is 17.9 Å². The number of rotatable bonds is 8. The van der Waals surface area contributed by atoms with E-state index in [-0.39, 0.29) is 16.8 Å². The summed E-state index contributed by atoms with van der Waals surface area (Å²) >= 11 is 0. The number of carbonyl (C=O) groups is 1. The fourth-order valence-corrected chi connectivity index (χ4v) is 4.53. The van der Waals surface area contributed by atoms with E-state index in [1.807, 2.05) is 19.9 Å². The highest BCUT2D eigenvalue weighted by atomic mass is 32.2. The molecule has 2 aromatic rings. The number of ether oxygens (including phenoxy) is 1. The van der Waals surface area contributed by atoms with Gasteiger partial charge in [-0.3, -0.25) is 4.79 Å². The Morgan fingerprint density at radius 2 is 1.67 bits per heavy atom. The van der Waals surface area contributed by atoms with Crippen LogP contribution in [0.5, 0.6) is 5.75 Å². The summed E-state index contributed by atoms with van der Waals surface area (Å²) in [6.07, 6.45) is 6.48. The van der Waals surface area contributed by atoms with Gasteiger partial charge in [0.05, 0.1) is 10.9 Å². The summed E-state index contributed by atoms with van der Waals surface area (Å²) in [5, 5.41) is 3.06. The first kappa shape index (κ1) is 22.3. The van der Waals surface area contributed by atoms with Crippen LogP contribution in [-0.2, 0) is 27.5 Å². The number of hydrogen-bond donors (Lipinski definition) is 1. The molecular weight excluding hydrogens is 398 g/mol. The van der Waals surface area contributed by atoms with Gasteiger partial charge in [-0.15, -0.1) is 0 Å². The molecule has 0 aliphatic heterocycles. The van der Waals surface area contributed by atoms with Gasteiger partial charge in [-0.25, -0.2) is 8.42 Å². The Morgan fingerprint density at radius 1 is 1.00 bits per heavy atom. The second kappa shape index (κ2) is 9.65. The SMILES string of the molecule is CC[C@H](Oc1ccc2c(c1)CCCC2)C(=O)N[C@@H](CC)c1ccc(S(C)(=O)=O)cc1. The van der Waals surface area contributed by atoms with Gasteiger partial charge in [0.1, 0.15) is 5.75 Å². The number of aryl methyl sites for hydroxylation is 2. The summed E-state index contributed by atoms with van der Waals surface area (Å²) in [7, 11) is -3.24. The third-order valence-electron chi connectivity index (χ3n) is 5.70. The lowest BCUT2D eigenvalue weighted by atomic mass is 9.92. The summed E-state index contributed by atoms with van der Waals surface area (Å²) in [6, 6.07) is 12.6. The molecule has 1 amide bonds. The van der Waals surface area contributed by atoms with Crippen LogP contribution >= 0.6 is 0 Å². The van der Waals surface area contributed by atoms with Crippen molar-refractivity contribution in [3.8, 4) is 5.75 Å². The molecule has 0 aromatic heterocycles. The summed E-state index contributed by atoms with van der Waals surface area (Å²) in [6.45, 7) is 3.92. The lowest BCUT2D eigenvalue weighted by Gasteiger charge is -2.23. The molecule has 0 bridgehead atoms. The van der Waals surface area contributed by atoms with E-state index >= 15 is 0 Å². The molecule has 2 aromatic carbocycles. The van der Waals surface area contributed by atoms with E-state index in [2.05, 4.69) is 17.4 Å². The molecular formula is C24H31NO4S. The predicted octanol–water partition coefficient (Wildman–Crippen LogP) is 4.39. The van der Waals surface area contributed by atoms with Crippen molar-refractivity contribution in [2.45, 2.75) is 69.4 Å². The lowest BCUT2D eigenvalue weighted by molar-refractivity contribution is -0.128. The van der Waals surface area contributed by atoms with Gasteiger partial charge in [-0.2, -0.15) is 0 Å². The van der Waals surface area contributed by atoms with Crippen molar-refractivity contribution in [2.24, 2.45) is 0 Å². The fraction of sp³-hybridized carbons (Fsp3) is 0.458. The average molecular weight is 430 g/mol. The third-order valence-corrected chi connectivity index (χ3v) is 6.83. The van der Waals surface area contributed by atoms with Gasteiger partial charge in [-0.05, 0) is 79.5 Å². The van der Waals surface area contributed by atoms with Gasteiger partial charge in [-0.1, -0.05) is 32.0 Å². The van der Waals surface area contributed by atoms with E-state index in [1.54, 1.807) is 24.3 Å². The molecule has 0 saturated carbocycles. The molecule has 1 aliphatic carbocycles. The standard InChI is InChI=1S/C24H31NO4S/c1-4-22(18-11-14-21(15-12-18)30(3,27)28)25-24(26)23(5-2)29-20-13-10-17-8-6-7-9-19(17)16-20/h10-16,22-23H,4-9H2,1-3H3,(H,25,26)/t22-,23-/m0/s1. The van der Waals surface area contributed by atoms with E-state index in [0.29, 0.717) is 12.8 Å². The van der Waals surface area contributed by atoms with Gasteiger partial charge in [0, 0.05) is 6.26 Å². The second-order valence-electron chi connectivity index (χ2n) is 7.96. The Kier molecular flexibility index (Phi) is 7.19. The minimum atomic E-state index is -3.24. The highest BCUT2D eigenvalue weighted by molar-refractivity contribution is 7.90. The van der Waals surface area contributed by atoms with Crippen LogP contribution in [0.4, 0.5) is 0 Å². The van der Waals surface area contributed by atoms with Crippen LogP contribution in [-0.4, -0.2) is 26.7 Å². The first-order valence-electron chi connectivity index (χ1n) is 10.7. The van der Waals surface area contributed by atoms with Gasteiger partial charge in [0.2, 0.25) is 0 Å². The second-order valence-corrected chi connectivity index (χ2v) is 9.98. The Morgan fingerprint density at radius 3 is 2.27 bits per heavy atom. The van der Waals surface area contributed by atoms with Crippen LogP contribution in [0.15, 0.2) is 47.4 Å². The maximum atomic E-state index is 12.9. The largest absolute Gasteiger partial charge is 0.481 e. The van der Waals surface area contributed by atoms with Gasteiger partial charge < -0.3 is 10.1 Å². The van der Waals surface area contributed by atoms with Crippen molar-refractivity contribution in [1.29, 1.82) is 0 Å². The van der Waals surface area contributed by atoms with E-state index in [0.717, 1.165) is 24.2 Å². The van der Waals surface area contributed by atoms with Crippen molar-refractivity contribution in [3.63, 3.8) is 0 Å². The molecule has 162 valence electrons. The smallest absolute Gasteiger partial charge is 0.261 e. The molecule has 1 N–H and O–H groups in total. The zero-order valence-corrected chi connectivity index (χ0v) is 18.8. The van der Waals surface area contributed by atoms with Gasteiger partial charge in [0.15, 0.2) is 15.9 Å². The molecule has 0 fully saturated rings. The maximum absolute atomic E-state index is 12.9. The summed E-state index contributed by atoms with van der Waals surface area (Å²) in [5.74, 6) is 0.581. The lowest BCUT2D eigenvalue weighted by Crippen LogP contribution is -2.40. The van der Waals surface area contributed by atoms with Gasteiger partial charge >= 0.3 is 0 Å². The Bertz CT molecular complexity index is 983. The molecule has 0 spiro atoms. The van der Waals surface area contributed by atoms with Gasteiger partial charge in [0.25, 0.3) is 5.91 Å². The van der Waals surface area contributed by atoms with E-state index in [4.69, 9.17) is 4.74 Å². The number of sulfone groups is 1. The van der Waals surface area contributed by atoms with E-state index in [1.165, 1.54) is 30.2 Å². The predicted molar refractivity (Wildman–Crippen MR) is 119 cm³/mol. The van der Waals surface area contributed by atoms with Crippen molar-refractivity contribution in [1.82, 2.24) is 5.32 Å². The molecule has 1 aliphatic rings. The monoisotopic (exact) mass is 429 g/mol. The summed E-state index contributed by atoms with van der Waals surface area (Å²) in [5.41, 5.74) is 3.59. The zero-order valence-electron chi connectivity index (χ0n) is 18.0. The Balaban J connectivity index is 1.68. The first-order chi connectivity index (χ1) is 14.3. The van der Waals surface area contributed by atoms with Crippen LogP contribution in [0.2, 0.25) is 0 Å². The van der Waals surface area contributed by atoms with Crippen molar-refractivity contribution in [3.05, 3.63) is 59.2 Å². The van der Waals surface area contributed by atoms with E-state index < -0.39 is 15.9 Å². The summed E-state index contributed by atoms with van der Waals surface area (Å²) in [4.78, 5) is 13.2. The molecule has 0 saturated heterocycles. The molecule has 0 heterocycles. The van der Waals surface area contributed by atoms with E-state index in [9.17, 15) is 13.2 Å². The Hall–Kier alpha value is -2.34. The molecule has 30 heavy (non-hydrogen) atoms. The molecule has 5 nitrogen and oxygen atoms in total. The summed E-state index contributed by atoms with van der Waals surface area (Å²) < 4.78 is 29.4. The van der Waals surface area contributed by atoms with Crippen LogP contribution in [0.1, 0.15) is 62.3 Å². The van der Waals surface area contributed by atoms with Crippen LogP contribution in [0.25, 0.3) is 0 Å². The number of nitrogens with one attached hydrogen (secondary N) is 1. The van der Waals surface area contributed by atoms with Crippen LogP contribution in [0, 0.1) is 0 Å². The molecule has 3 rings (SSSR count). The van der Waals surface area contributed by atoms with Crippen molar-refractivity contribution in [2.75, 3.05) is 6.26 Å². The third kappa shape index (κ3) is 5.42.